The Balaban J connectivity index is 1.86. The van der Waals surface area contributed by atoms with Gasteiger partial charge in [0.15, 0.2) is 5.78 Å². The maximum atomic E-state index is 13.2. The van der Waals surface area contributed by atoms with E-state index < -0.39 is 5.82 Å². The summed E-state index contributed by atoms with van der Waals surface area (Å²) in [6.07, 6.45) is 2.50. The van der Waals surface area contributed by atoms with Gasteiger partial charge in [0.1, 0.15) is 5.82 Å². The van der Waals surface area contributed by atoms with Crippen molar-refractivity contribution in [2.75, 3.05) is 13.1 Å². The van der Waals surface area contributed by atoms with Gasteiger partial charge in [-0.2, -0.15) is 0 Å². The van der Waals surface area contributed by atoms with Crippen LogP contribution in [0.4, 0.5) is 4.39 Å². The van der Waals surface area contributed by atoms with Crippen LogP contribution < -0.4 is 5.32 Å². The second-order valence-corrected chi connectivity index (χ2v) is 3.98. The number of benzene rings is 1. The van der Waals surface area contributed by atoms with Crippen molar-refractivity contribution in [1.29, 1.82) is 0 Å². The molecule has 1 saturated carbocycles. The molecule has 2 rings (SSSR count). The molecular weight excluding hydrogens is 193 g/mol. The topological polar surface area (TPSA) is 29.1 Å². The van der Waals surface area contributed by atoms with Crippen molar-refractivity contribution >= 4 is 5.78 Å². The lowest BCUT2D eigenvalue weighted by Crippen LogP contribution is -2.25. The lowest BCUT2D eigenvalue weighted by molar-refractivity contribution is 0.0987. The molecule has 2 nitrogen and oxygen atoms in total. The first-order valence-electron chi connectivity index (χ1n) is 5.26. The Hall–Kier alpha value is -1.22. The number of hydrogen-bond acceptors (Lipinski definition) is 2. The predicted molar refractivity (Wildman–Crippen MR) is 56.3 cm³/mol. The van der Waals surface area contributed by atoms with Crippen molar-refractivity contribution in [3.05, 3.63) is 35.6 Å². The molecular formula is C12H14FNO. The van der Waals surface area contributed by atoms with Crippen LogP contribution in [0.1, 0.15) is 23.2 Å². The molecule has 1 aliphatic rings. The van der Waals surface area contributed by atoms with Gasteiger partial charge in [-0.1, -0.05) is 12.1 Å². The Labute approximate surface area is 88.5 Å². The largest absolute Gasteiger partial charge is 0.309 e. The Kier molecular flexibility index (Phi) is 3.11. The van der Waals surface area contributed by atoms with E-state index in [0.29, 0.717) is 0 Å². The molecule has 0 bridgehead atoms. The third-order valence-corrected chi connectivity index (χ3v) is 2.59. The lowest BCUT2D eigenvalue weighted by Gasteiger charge is -2.03. The van der Waals surface area contributed by atoms with Gasteiger partial charge in [0.05, 0.1) is 12.1 Å². The number of hydrogen-bond donors (Lipinski definition) is 1. The molecule has 0 unspecified atom stereocenters. The Morgan fingerprint density at radius 1 is 1.40 bits per heavy atom. The van der Waals surface area contributed by atoms with E-state index in [1.54, 1.807) is 12.1 Å². The van der Waals surface area contributed by atoms with E-state index in [4.69, 9.17) is 0 Å². The standard InChI is InChI=1S/C12H14FNO/c13-11-4-2-1-3-10(11)12(15)8-14-7-9-5-6-9/h1-4,9,14H,5-8H2. The van der Waals surface area contributed by atoms with Crippen LogP contribution in [0.3, 0.4) is 0 Å². The van der Waals surface area contributed by atoms with E-state index in [-0.39, 0.29) is 17.9 Å². The first-order valence-corrected chi connectivity index (χ1v) is 5.26. The van der Waals surface area contributed by atoms with Crippen LogP contribution in [0.2, 0.25) is 0 Å². The van der Waals surface area contributed by atoms with Crippen molar-refractivity contribution in [2.45, 2.75) is 12.8 Å². The van der Waals surface area contributed by atoms with Crippen LogP contribution >= 0.6 is 0 Å². The summed E-state index contributed by atoms with van der Waals surface area (Å²) in [5.74, 6) is 0.128. The lowest BCUT2D eigenvalue weighted by atomic mass is 10.1. The van der Waals surface area contributed by atoms with Crippen molar-refractivity contribution in [1.82, 2.24) is 5.32 Å². The monoisotopic (exact) mass is 207 g/mol. The van der Waals surface area contributed by atoms with Gasteiger partial charge in [0.25, 0.3) is 0 Å². The number of Topliss-reactive ketones (excluding diaryl/α,β-unsaturated/α-hetero) is 1. The molecule has 15 heavy (non-hydrogen) atoms. The van der Waals surface area contributed by atoms with Gasteiger partial charge >= 0.3 is 0 Å². The smallest absolute Gasteiger partial charge is 0.179 e. The fourth-order valence-corrected chi connectivity index (χ4v) is 1.49. The van der Waals surface area contributed by atoms with E-state index in [2.05, 4.69) is 5.32 Å². The number of nitrogens with one attached hydrogen (secondary N) is 1. The molecule has 0 saturated heterocycles. The number of rotatable bonds is 5. The summed E-state index contributed by atoms with van der Waals surface area (Å²) in [5.41, 5.74) is 0.181. The molecule has 80 valence electrons. The normalized spacial score (nSPS) is 15.3. The summed E-state index contributed by atoms with van der Waals surface area (Å²) in [6, 6.07) is 6.10. The molecule has 0 amide bonds. The summed E-state index contributed by atoms with van der Waals surface area (Å²) in [6.45, 7) is 1.11. The second-order valence-electron chi connectivity index (χ2n) is 3.98. The highest BCUT2D eigenvalue weighted by atomic mass is 19.1. The van der Waals surface area contributed by atoms with Crippen LogP contribution in [0.5, 0.6) is 0 Å². The molecule has 1 fully saturated rings. The molecule has 1 aromatic carbocycles. The van der Waals surface area contributed by atoms with Crippen LogP contribution in [0.25, 0.3) is 0 Å². The second kappa shape index (κ2) is 4.53. The quantitative estimate of drug-likeness (QED) is 0.748. The molecule has 0 atom stereocenters. The molecule has 1 N–H and O–H groups in total. The summed E-state index contributed by atoms with van der Waals surface area (Å²) < 4.78 is 13.2. The number of carbonyl (C=O) groups is 1. The van der Waals surface area contributed by atoms with Crippen molar-refractivity contribution in [3.8, 4) is 0 Å². The zero-order valence-electron chi connectivity index (χ0n) is 8.50. The van der Waals surface area contributed by atoms with Crippen LogP contribution in [0.15, 0.2) is 24.3 Å². The highest BCUT2D eigenvalue weighted by molar-refractivity contribution is 5.97. The van der Waals surface area contributed by atoms with E-state index in [1.807, 2.05) is 0 Å². The average Bonchev–Trinajstić information content (AvgIpc) is 3.02. The van der Waals surface area contributed by atoms with E-state index >= 15 is 0 Å². The predicted octanol–water partition coefficient (Wildman–Crippen LogP) is 2.01. The molecule has 1 aromatic rings. The number of ketones is 1. The number of halogens is 1. The van der Waals surface area contributed by atoms with E-state index in [1.165, 1.54) is 25.0 Å². The third kappa shape index (κ3) is 2.86. The molecule has 0 aromatic heterocycles. The van der Waals surface area contributed by atoms with Gasteiger partial charge in [-0.05, 0) is 37.4 Å². The SMILES string of the molecule is O=C(CNCC1CC1)c1ccccc1F. The molecule has 0 radical (unpaired) electrons. The number of carbonyl (C=O) groups excluding carboxylic acids is 1. The fraction of sp³-hybridized carbons (Fsp3) is 0.417. The minimum atomic E-state index is -0.435. The highest BCUT2D eigenvalue weighted by Crippen LogP contribution is 2.27. The van der Waals surface area contributed by atoms with Crippen molar-refractivity contribution in [2.24, 2.45) is 5.92 Å². The zero-order valence-corrected chi connectivity index (χ0v) is 8.50. The molecule has 0 spiro atoms. The maximum absolute atomic E-state index is 13.2. The van der Waals surface area contributed by atoms with Crippen molar-refractivity contribution < 1.29 is 9.18 Å². The minimum Gasteiger partial charge on any atom is -0.309 e. The van der Waals surface area contributed by atoms with Gasteiger partial charge in [-0.15, -0.1) is 0 Å². The van der Waals surface area contributed by atoms with Gasteiger partial charge in [0.2, 0.25) is 0 Å². The van der Waals surface area contributed by atoms with Crippen LogP contribution in [-0.4, -0.2) is 18.9 Å². The summed E-state index contributed by atoms with van der Waals surface area (Å²) >= 11 is 0. The highest BCUT2D eigenvalue weighted by Gasteiger charge is 2.21. The first kappa shape index (κ1) is 10.3. The Bertz CT molecular complexity index is 360. The maximum Gasteiger partial charge on any atom is 0.179 e. The van der Waals surface area contributed by atoms with Crippen LogP contribution in [0, 0.1) is 11.7 Å². The molecule has 0 heterocycles. The molecule has 3 heteroatoms. The van der Waals surface area contributed by atoms with Gasteiger partial charge in [0, 0.05) is 0 Å². The van der Waals surface area contributed by atoms with Gasteiger partial charge in [-0.25, -0.2) is 4.39 Å². The van der Waals surface area contributed by atoms with Crippen molar-refractivity contribution in [3.63, 3.8) is 0 Å². The summed E-state index contributed by atoms with van der Waals surface area (Å²) in [7, 11) is 0. The molecule has 1 aliphatic carbocycles. The summed E-state index contributed by atoms with van der Waals surface area (Å²) in [5, 5.41) is 3.06. The van der Waals surface area contributed by atoms with Gasteiger partial charge < -0.3 is 5.32 Å². The zero-order chi connectivity index (χ0) is 10.7. The summed E-state index contributed by atoms with van der Waals surface area (Å²) in [4.78, 5) is 11.6. The first-order chi connectivity index (χ1) is 7.27. The average molecular weight is 207 g/mol. The van der Waals surface area contributed by atoms with Crippen LogP contribution in [-0.2, 0) is 0 Å². The fourth-order valence-electron chi connectivity index (χ4n) is 1.49. The van der Waals surface area contributed by atoms with Gasteiger partial charge in [-0.3, -0.25) is 4.79 Å². The Morgan fingerprint density at radius 3 is 2.80 bits per heavy atom. The third-order valence-electron chi connectivity index (χ3n) is 2.59. The van der Waals surface area contributed by atoms with E-state index in [0.717, 1.165) is 12.5 Å². The van der Waals surface area contributed by atoms with E-state index in [9.17, 15) is 9.18 Å². The minimum absolute atomic E-state index is 0.172. The molecule has 0 aliphatic heterocycles. The Morgan fingerprint density at radius 2 is 2.13 bits per heavy atom.